The van der Waals surface area contributed by atoms with Gasteiger partial charge in [0.1, 0.15) is 0 Å². The van der Waals surface area contributed by atoms with Crippen LogP contribution in [0.5, 0.6) is 0 Å². The predicted molar refractivity (Wildman–Crippen MR) is 68.9 cm³/mol. The summed E-state index contributed by atoms with van der Waals surface area (Å²) in [4.78, 5) is 23.5. The topological polar surface area (TPSA) is 73.2 Å². The molecule has 1 N–H and O–H groups in total. The smallest absolute Gasteiger partial charge is 0.339 e. The molecule has 0 spiro atoms. The quantitative estimate of drug-likeness (QED) is 0.847. The Balaban J connectivity index is 2.24. The third-order valence-corrected chi connectivity index (χ3v) is 2.55. The van der Waals surface area contributed by atoms with Crippen LogP contribution in [0.15, 0.2) is 36.7 Å². The summed E-state index contributed by atoms with van der Waals surface area (Å²) in [5.41, 5.74) is 1.13. The minimum Gasteiger partial charge on any atom is -0.465 e. The van der Waals surface area contributed by atoms with Crippen LogP contribution in [0.25, 0.3) is 0 Å². The number of hydrogen-bond donors (Lipinski definition) is 1. The van der Waals surface area contributed by atoms with E-state index in [1.807, 2.05) is 0 Å². The average molecular weight is 259 g/mol. The van der Waals surface area contributed by atoms with E-state index in [1.54, 1.807) is 37.5 Å². The number of anilines is 1. The first-order chi connectivity index (χ1) is 9.11. The summed E-state index contributed by atoms with van der Waals surface area (Å²) >= 11 is 0. The van der Waals surface area contributed by atoms with Crippen molar-refractivity contribution in [3.05, 3.63) is 47.8 Å². The molecule has 1 aromatic carbocycles. The molecule has 1 heterocycles. The van der Waals surface area contributed by atoms with E-state index in [4.69, 9.17) is 0 Å². The van der Waals surface area contributed by atoms with E-state index in [0.717, 1.165) is 0 Å². The molecule has 1 aromatic heterocycles. The first-order valence-corrected chi connectivity index (χ1v) is 5.59. The Morgan fingerprint density at radius 2 is 2.05 bits per heavy atom. The lowest BCUT2D eigenvalue weighted by molar-refractivity contribution is 0.0602. The van der Waals surface area contributed by atoms with Crippen LogP contribution in [0.3, 0.4) is 0 Å². The molecule has 0 atom stereocenters. The molecular formula is C13H13N3O3. The van der Waals surface area contributed by atoms with Crippen molar-refractivity contribution in [2.75, 3.05) is 12.4 Å². The molecule has 0 bridgehead atoms. The van der Waals surface area contributed by atoms with E-state index in [9.17, 15) is 9.59 Å². The minimum atomic E-state index is -0.498. The van der Waals surface area contributed by atoms with Crippen molar-refractivity contribution in [3.63, 3.8) is 0 Å². The number of ether oxygens (including phenoxy) is 1. The summed E-state index contributed by atoms with van der Waals surface area (Å²) in [5, 5.41) is 6.58. The fourth-order valence-corrected chi connectivity index (χ4v) is 1.61. The number of esters is 1. The van der Waals surface area contributed by atoms with Crippen molar-refractivity contribution in [1.82, 2.24) is 9.78 Å². The van der Waals surface area contributed by atoms with Crippen molar-refractivity contribution in [2.24, 2.45) is 7.05 Å². The number of hydrogen-bond acceptors (Lipinski definition) is 4. The third-order valence-electron chi connectivity index (χ3n) is 2.55. The number of benzene rings is 1. The average Bonchev–Trinajstić information content (AvgIpc) is 2.85. The molecule has 19 heavy (non-hydrogen) atoms. The summed E-state index contributed by atoms with van der Waals surface area (Å²) in [5.74, 6) is -0.827. The van der Waals surface area contributed by atoms with Gasteiger partial charge in [0.25, 0.3) is 5.91 Å². The highest BCUT2D eigenvalue weighted by atomic mass is 16.5. The van der Waals surface area contributed by atoms with Crippen LogP contribution in [0, 0.1) is 0 Å². The van der Waals surface area contributed by atoms with Crippen molar-refractivity contribution >= 4 is 17.6 Å². The third kappa shape index (κ3) is 2.79. The fraction of sp³-hybridized carbons (Fsp3) is 0.154. The van der Waals surface area contributed by atoms with E-state index in [0.29, 0.717) is 16.8 Å². The number of para-hydroxylation sites is 1. The standard InChI is InChI=1S/C13H13N3O3/c1-16-8-9(7-14-16)12(17)15-11-6-4-3-5-10(11)13(18)19-2/h3-8H,1-2H3,(H,15,17). The van der Waals surface area contributed by atoms with Gasteiger partial charge >= 0.3 is 5.97 Å². The van der Waals surface area contributed by atoms with Gasteiger partial charge in [-0.2, -0.15) is 5.10 Å². The van der Waals surface area contributed by atoms with E-state index in [-0.39, 0.29) is 5.91 Å². The molecule has 0 aliphatic rings. The zero-order valence-corrected chi connectivity index (χ0v) is 10.6. The molecule has 2 rings (SSSR count). The zero-order valence-electron chi connectivity index (χ0n) is 10.6. The summed E-state index contributed by atoms with van der Waals surface area (Å²) in [6.07, 6.45) is 3.05. The highest BCUT2D eigenvalue weighted by Crippen LogP contribution is 2.17. The number of nitrogens with zero attached hydrogens (tertiary/aromatic N) is 2. The van der Waals surface area contributed by atoms with Crippen molar-refractivity contribution in [1.29, 1.82) is 0 Å². The SMILES string of the molecule is COC(=O)c1ccccc1NC(=O)c1cnn(C)c1. The van der Waals surface area contributed by atoms with Crippen molar-refractivity contribution in [2.45, 2.75) is 0 Å². The molecule has 0 fully saturated rings. The normalized spacial score (nSPS) is 10.0. The molecular weight excluding hydrogens is 246 g/mol. The largest absolute Gasteiger partial charge is 0.465 e. The van der Waals surface area contributed by atoms with Crippen LogP contribution in [0.1, 0.15) is 20.7 Å². The van der Waals surface area contributed by atoms with Crippen molar-refractivity contribution < 1.29 is 14.3 Å². The van der Waals surface area contributed by atoms with Crippen LogP contribution in [0.4, 0.5) is 5.69 Å². The van der Waals surface area contributed by atoms with Gasteiger partial charge in [0, 0.05) is 13.2 Å². The molecule has 0 aliphatic carbocycles. The van der Waals surface area contributed by atoms with Gasteiger partial charge in [-0.1, -0.05) is 12.1 Å². The van der Waals surface area contributed by atoms with E-state index >= 15 is 0 Å². The van der Waals surface area contributed by atoms with Gasteiger partial charge < -0.3 is 10.1 Å². The van der Waals surface area contributed by atoms with E-state index in [2.05, 4.69) is 15.2 Å². The second-order valence-electron chi connectivity index (χ2n) is 3.89. The summed E-state index contributed by atoms with van der Waals surface area (Å²) in [6, 6.07) is 6.66. The molecule has 0 saturated heterocycles. The number of carbonyl (C=O) groups is 2. The molecule has 6 heteroatoms. The first-order valence-electron chi connectivity index (χ1n) is 5.59. The Morgan fingerprint density at radius 3 is 2.68 bits per heavy atom. The predicted octanol–water partition coefficient (Wildman–Crippen LogP) is 1.46. The Kier molecular flexibility index (Phi) is 3.61. The van der Waals surface area contributed by atoms with Crippen LogP contribution in [-0.2, 0) is 11.8 Å². The van der Waals surface area contributed by atoms with Crippen LogP contribution in [-0.4, -0.2) is 28.8 Å². The number of rotatable bonds is 3. The molecule has 1 amide bonds. The molecule has 0 saturated carbocycles. The van der Waals surface area contributed by atoms with Crippen LogP contribution in [0.2, 0.25) is 0 Å². The zero-order chi connectivity index (χ0) is 13.8. The Hall–Kier alpha value is -2.63. The molecule has 0 radical (unpaired) electrons. The lowest BCUT2D eigenvalue weighted by atomic mass is 10.1. The highest BCUT2D eigenvalue weighted by Gasteiger charge is 2.14. The van der Waals surface area contributed by atoms with Crippen LogP contribution >= 0.6 is 0 Å². The maximum atomic E-state index is 12.0. The molecule has 0 unspecified atom stereocenters. The summed E-state index contributed by atoms with van der Waals surface area (Å²) in [7, 11) is 3.02. The number of carbonyl (C=O) groups excluding carboxylic acids is 2. The van der Waals surface area contributed by atoms with Gasteiger partial charge in [-0.15, -0.1) is 0 Å². The maximum absolute atomic E-state index is 12.0. The first kappa shape index (κ1) is 12.8. The second kappa shape index (κ2) is 5.34. The monoisotopic (exact) mass is 259 g/mol. The molecule has 98 valence electrons. The fourth-order valence-electron chi connectivity index (χ4n) is 1.61. The number of aromatic nitrogens is 2. The van der Waals surface area contributed by atoms with Gasteiger partial charge in [-0.3, -0.25) is 9.48 Å². The number of methoxy groups -OCH3 is 1. The van der Waals surface area contributed by atoms with E-state index in [1.165, 1.54) is 18.0 Å². The Bertz CT molecular complexity index is 619. The highest BCUT2D eigenvalue weighted by molar-refractivity contribution is 6.07. The van der Waals surface area contributed by atoms with Gasteiger partial charge in [0.05, 0.1) is 30.1 Å². The molecule has 2 aromatic rings. The lowest BCUT2D eigenvalue weighted by Gasteiger charge is -2.08. The minimum absolute atomic E-state index is 0.308. The number of nitrogens with one attached hydrogen (secondary N) is 1. The Labute approximate surface area is 110 Å². The summed E-state index contributed by atoms with van der Waals surface area (Å²) < 4.78 is 6.19. The maximum Gasteiger partial charge on any atom is 0.339 e. The van der Waals surface area contributed by atoms with Gasteiger partial charge in [0.15, 0.2) is 0 Å². The second-order valence-corrected chi connectivity index (χ2v) is 3.89. The Morgan fingerprint density at radius 1 is 1.32 bits per heavy atom. The van der Waals surface area contributed by atoms with Crippen molar-refractivity contribution in [3.8, 4) is 0 Å². The number of aryl methyl sites for hydroxylation is 1. The van der Waals surface area contributed by atoms with Gasteiger partial charge in [-0.05, 0) is 12.1 Å². The lowest BCUT2D eigenvalue weighted by Crippen LogP contribution is -2.14. The van der Waals surface area contributed by atoms with Gasteiger partial charge in [-0.25, -0.2) is 4.79 Å². The summed E-state index contributed by atoms with van der Waals surface area (Å²) in [6.45, 7) is 0. The van der Waals surface area contributed by atoms with Gasteiger partial charge in [0.2, 0.25) is 0 Å². The molecule has 0 aliphatic heterocycles. The number of amides is 1. The van der Waals surface area contributed by atoms with E-state index < -0.39 is 5.97 Å². The van der Waals surface area contributed by atoms with Crippen LogP contribution < -0.4 is 5.32 Å². The molecule has 6 nitrogen and oxygen atoms in total.